The summed E-state index contributed by atoms with van der Waals surface area (Å²) in [7, 11) is 0. The van der Waals surface area contributed by atoms with Gasteiger partial charge in [-0.15, -0.1) is 0 Å². The molecule has 0 unspecified atom stereocenters. The molecule has 0 radical (unpaired) electrons. The van der Waals surface area contributed by atoms with E-state index in [-0.39, 0.29) is 23.8 Å². The molecule has 0 spiro atoms. The Labute approximate surface area is 137 Å². The molecule has 2 aromatic heterocycles. The summed E-state index contributed by atoms with van der Waals surface area (Å²) >= 11 is 0. The maximum atomic E-state index is 13.1. The van der Waals surface area contributed by atoms with Crippen molar-refractivity contribution in [2.45, 2.75) is 26.9 Å². The molecule has 0 atom stereocenters. The topological polar surface area (TPSA) is 92.8 Å². The standard InChI is InChI=1S/C16H16FN5O2/c1-8(2)24-15-12-14(21-16(22-15)18-9(3)23)20-13(19-12)10-4-6-11(17)7-5-10/h4-8H,1-3H3,(H2,18,19,20,21,22,23). The van der Waals surface area contributed by atoms with Gasteiger partial charge in [0, 0.05) is 12.5 Å². The summed E-state index contributed by atoms with van der Waals surface area (Å²) in [4.78, 5) is 27.1. The SMILES string of the molecule is CC(=O)Nc1nc(OC(C)C)c2[nH]c(-c3ccc(F)cc3)nc2n1. The van der Waals surface area contributed by atoms with Gasteiger partial charge in [-0.3, -0.25) is 10.1 Å². The zero-order valence-electron chi connectivity index (χ0n) is 13.4. The first-order chi connectivity index (χ1) is 11.4. The minimum absolute atomic E-state index is 0.114. The van der Waals surface area contributed by atoms with Crippen molar-refractivity contribution in [3.63, 3.8) is 0 Å². The van der Waals surface area contributed by atoms with Crippen molar-refractivity contribution in [1.29, 1.82) is 0 Å². The van der Waals surface area contributed by atoms with E-state index in [1.165, 1.54) is 19.1 Å². The van der Waals surface area contributed by atoms with E-state index in [2.05, 4.69) is 25.3 Å². The number of hydrogen-bond donors (Lipinski definition) is 2. The van der Waals surface area contributed by atoms with Crippen LogP contribution in [0.25, 0.3) is 22.6 Å². The van der Waals surface area contributed by atoms with E-state index in [9.17, 15) is 9.18 Å². The summed E-state index contributed by atoms with van der Waals surface area (Å²) in [5.41, 5.74) is 1.56. The fraction of sp³-hybridized carbons (Fsp3) is 0.250. The van der Waals surface area contributed by atoms with Gasteiger partial charge in [0.1, 0.15) is 17.2 Å². The number of hydrogen-bond acceptors (Lipinski definition) is 5. The second kappa shape index (κ2) is 6.23. The molecule has 0 aliphatic rings. The molecule has 1 aromatic carbocycles. The molecule has 2 N–H and O–H groups in total. The van der Waals surface area contributed by atoms with Crippen LogP contribution in [-0.4, -0.2) is 31.9 Å². The average molecular weight is 329 g/mol. The van der Waals surface area contributed by atoms with Crippen LogP contribution in [0.2, 0.25) is 0 Å². The van der Waals surface area contributed by atoms with Gasteiger partial charge in [0.15, 0.2) is 5.65 Å². The third-order valence-electron chi connectivity index (χ3n) is 3.07. The van der Waals surface area contributed by atoms with Gasteiger partial charge < -0.3 is 9.72 Å². The van der Waals surface area contributed by atoms with Crippen LogP contribution >= 0.6 is 0 Å². The maximum absolute atomic E-state index is 13.1. The molecule has 0 bridgehead atoms. The number of amides is 1. The molecule has 8 heteroatoms. The number of anilines is 1. The van der Waals surface area contributed by atoms with E-state index in [0.717, 1.165) is 0 Å². The summed E-state index contributed by atoms with van der Waals surface area (Å²) in [5, 5.41) is 2.52. The number of halogens is 1. The Morgan fingerprint density at radius 3 is 2.54 bits per heavy atom. The average Bonchev–Trinajstić information content (AvgIpc) is 2.91. The monoisotopic (exact) mass is 329 g/mol. The largest absolute Gasteiger partial charge is 0.473 e. The molecule has 0 aliphatic heterocycles. The van der Waals surface area contributed by atoms with Gasteiger partial charge in [0.05, 0.1) is 6.10 Å². The van der Waals surface area contributed by atoms with Gasteiger partial charge in [-0.25, -0.2) is 9.37 Å². The Kier molecular flexibility index (Phi) is 4.11. The Hall–Kier alpha value is -3.03. The molecule has 0 aliphatic carbocycles. The molecular formula is C16H16FN5O2. The first-order valence-electron chi connectivity index (χ1n) is 7.40. The zero-order valence-corrected chi connectivity index (χ0v) is 13.4. The van der Waals surface area contributed by atoms with Crippen molar-refractivity contribution in [3.8, 4) is 17.3 Å². The lowest BCUT2D eigenvalue weighted by Crippen LogP contribution is -2.12. The van der Waals surface area contributed by atoms with Gasteiger partial charge in [0.25, 0.3) is 0 Å². The van der Waals surface area contributed by atoms with Gasteiger partial charge in [-0.2, -0.15) is 9.97 Å². The Balaban J connectivity index is 2.11. The molecule has 24 heavy (non-hydrogen) atoms. The van der Waals surface area contributed by atoms with Crippen LogP contribution in [0.3, 0.4) is 0 Å². The minimum atomic E-state index is -0.327. The van der Waals surface area contributed by atoms with Gasteiger partial charge in [0.2, 0.25) is 17.7 Å². The summed E-state index contributed by atoms with van der Waals surface area (Å²) in [6.45, 7) is 5.09. The molecule has 3 aromatic rings. The maximum Gasteiger partial charge on any atom is 0.245 e. The minimum Gasteiger partial charge on any atom is -0.473 e. The second-order valence-corrected chi connectivity index (χ2v) is 5.49. The molecule has 7 nitrogen and oxygen atoms in total. The number of carbonyl (C=O) groups is 1. The lowest BCUT2D eigenvalue weighted by molar-refractivity contribution is -0.114. The number of fused-ring (bicyclic) bond motifs is 1. The highest BCUT2D eigenvalue weighted by atomic mass is 19.1. The van der Waals surface area contributed by atoms with Crippen molar-refractivity contribution >= 4 is 23.0 Å². The lowest BCUT2D eigenvalue weighted by Gasteiger charge is -2.10. The van der Waals surface area contributed by atoms with Gasteiger partial charge in [-0.1, -0.05) is 0 Å². The van der Waals surface area contributed by atoms with Crippen LogP contribution in [0.4, 0.5) is 10.3 Å². The molecule has 0 fully saturated rings. The molecular weight excluding hydrogens is 313 g/mol. The summed E-state index contributed by atoms with van der Waals surface area (Å²) in [5.74, 6) is 0.292. The number of nitrogens with one attached hydrogen (secondary N) is 2. The van der Waals surface area contributed by atoms with E-state index in [0.29, 0.717) is 28.4 Å². The van der Waals surface area contributed by atoms with E-state index in [1.54, 1.807) is 12.1 Å². The highest BCUT2D eigenvalue weighted by Crippen LogP contribution is 2.27. The summed E-state index contributed by atoms with van der Waals surface area (Å²) in [6, 6.07) is 5.92. The number of aromatic amines is 1. The second-order valence-electron chi connectivity index (χ2n) is 5.49. The highest BCUT2D eigenvalue weighted by Gasteiger charge is 2.16. The van der Waals surface area contributed by atoms with Gasteiger partial charge >= 0.3 is 0 Å². The zero-order chi connectivity index (χ0) is 17.3. The predicted molar refractivity (Wildman–Crippen MR) is 87.1 cm³/mol. The number of aromatic nitrogens is 4. The smallest absolute Gasteiger partial charge is 0.245 e. The Bertz CT molecular complexity index is 889. The first kappa shape index (κ1) is 15.9. The number of H-pyrrole nitrogens is 1. The Morgan fingerprint density at radius 1 is 1.21 bits per heavy atom. The number of benzene rings is 1. The number of carbonyl (C=O) groups excluding carboxylic acids is 1. The van der Waals surface area contributed by atoms with Crippen LogP contribution in [0, 0.1) is 5.82 Å². The van der Waals surface area contributed by atoms with Crippen molar-refractivity contribution in [3.05, 3.63) is 30.1 Å². The lowest BCUT2D eigenvalue weighted by atomic mass is 10.2. The molecule has 0 saturated heterocycles. The van der Waals surface area contributed by atoms with Crippen molar-refractivity contribution in [1.82, 2.24) is 19.9 Å². The predicted octanol–water partition coefficient (Wildman–Crippen LogP) is 2.90. The molecule has 2 heterocycles. The fourth-order valence-electron chi connectivity index (χ4n) is 2.14. The van der Waals surface area contributed by atoms with E-state index < -0.39 is 0 Å². The molecule has 3 rings (SSSR count). The normalized spacial score (nSPS) is 11.0. The van der Waals surface area contributed by atoms with Crippen molar-refractivity contribution < 1.29 is 13.9 Å². The van der Waals surface area contributed by atoms with Crippen LogP contribution in [-0.2, 0) is 4.79 Å². The first-order valence-corrected chi connectivity index (χ1v) is 7.40. The fourth-order valence-corrected chi connectivity index (χ4v) is 2.14. The quantitative estimate of drug-likeness (QED) is 0.768. The van der Waals surface area contributed by atoms with E-state index >= 15 is 0 Å². The third-order valence-corrected chi connectivity index (χ3v) is 3.07. The van der Waals surface area contributed by atoms with E-state index in [4.69, 9.17) is 4.74 Å². The third kappa shape index (κ3) is 3.32. The van der Waals surface area contributed by atoms with Crippen molar-refractivity contribution in [2.75, 3.05) is 5.32 Å². The van der Waals surface area contributed by atoms with Crippen LogP contribution < -0.4 is 10.1 Å². The molecule has 0 saturated carbocycles. The number of ether oxygens (including phenoxy) is 1. The summed E-state index contributed by atoms with van der Waals surface area (Å²) in [6.07, 6.45) is -0.120. The molecule has 1 amide bonds. The van der Waals surface area contributed by atoms with Gasteiger partial charge in [-0.05, 0) is 38.1 Å². The number of imidazole rings is 1. The summed E-state index contributed by atoms with van der Waals surface area (Å²) < 4.78 is 18.8. The Morgan fingerprint density at radius 2 is 1.92 bits per heavy atom. The van der Waals surface area contributed by atoms with Crippen LogP contribution in [0.1, 0.15) is 20.8 Å². The highest BCUT2D eigenvalue weighted by molar-refractivity contribution is 5.89. The van der Waals surface area contributed by atoms with Crippen LogP contribution in [0.5, 0.6) is 5.88 Å². The van der Waals surface area contributed by atoms with Crippen molar-refractivity contribution in [2.24, 2.45) is 0 Å². The molecule has 124 valence electrons. The van der Waals surface area contributed by atoms with Crippen LogP contribution in [0.15, 0.2) is 24.3 Å². The number of nitrogens with zero attached hydrogens (tertiary/aromatic N) is 3. The van der Waals surface area contributed by atoms with E-state index in [1.807, 2.05) is 13.8 Å². The number of rotatable bonds is 4.